The van der Waals surface area contributed by atoms with Gasteiger partial charge < -0.3 is 5.32 Å². The van der Waals surface area contributed by atoms with Crippen LogP contribution in [0.2, 0.25) is 0 Å². The monoisotopic (exact) mass is 452 g/mol. The van der Waals surface area contributed by atoms with Crippen LogP contribution in [0.4, 0.5) is 5.69 Å². The Hall–Kier alpha value is -0.740. The summed E-state index contributed by atoms with van der Waals surface area (Å²) in [7, 11) is -2.32. The Kier molecular flexibility index (Phi) is 5.20. The molecule has 2 aromatic rings. The second kappa shape index (κ2) is 6.57. The highest BCUT2D eigenvalue weighted by Crippen LogP contribution is 2.32. The third kappa shape index (κ3) is 3.72. The molecule has 0 spiro atoms. The fourth-order valence-corrected chi connectivity index (χ4v) is 5.28. The smallest absolute Gasteiger partial charge is 0.257 e. The normalized spacial score (nSPS) is 11.4. The Morgan fingerprint density at radius 3 is 2.48 bits per heavy atom. The first-order valence-corrected chi connectivity index (χ1v) is 9.52. The predicted octanol–water partition coefficient (Wildman–Crippen LogP) is 3.43. The van der Waals surface area contributed by atoms with E-state index in [0.29, 0.717) is 9.35 Å². The van der Waals surface area contributed by atoms with Gasteiger partial charge in [0.1, 0.15) is 4.90 Å². The Bertz CT molecular complexity index is 788. The molecular formula is C12H10Br2N2O3S2. The van der Waals surface area contributed by atoms with Gasteiger partial charge in [-0.1, -0.05) is 12.1 Å². The Morgan fingerprint density at radius 1 is 1.24 bits per heavy atom. The van der Waals surface area contributed by atoms with Crippen LogP contribution in [0.1, 0.15) is 10.4 Å². The van der Waals surface area contributed by atoms with Crippen molar-refractivity contribution < 1.29 is 13.2 Å². The lowest BCUT2D eigenvalue weighted by Gasteiger charge is -2.10. The number of anilines is 1. The van der Waals surface area contributed by atoms with Gasteiger partial charge in [0, 0.05) is 0 Å². The standard InChI is InChI=1S/C12H10Br2N2O3S2/c1-15-21(18,19)9-5-3-2-4-8(9)16-12(17)7-6-10(13)20-11(7)14/h2-6,15H,1H3,(H,16,17). The lowest BCUT2D eigenvalue weighted by atomic mass is 10.3. The van der Waals surface area contributed by atoms with Gasteiger partial charge in [-0.2, -0.15) is 0 Å². The Morgan fingerprint density at radius 2 is 1.90 bits per heavy atom. The van der Waals surface area contributed by atoms with Gasteiger partial charge in [0.15, 0.2) is 0 Å². The number of hydrogen-bond donors (Lipinski definition) is 2. The minimum atomic E-state index is -3.64. The van der Waals surface area contributed by atoms with Gasteiger partial charge in [-0.3, -0.25) is 4.79 Å². The van der Waals surface area contributed by atoms with Crippen LogP contribution in [0, 0.1) is 0 Å². The molecule has 0 aliphatic carbocycles. The first-order chi connectivity index (χ1) is 9.85. The fourth-order valence-electron chi connectivity index (χ4n) is 1.60. The summed E-state index contributed by atoms with van der Waals surface area (Å²) in [4.78, 5) is 12.3. The van der Waals surface area contributed by atoms with Crippen LogP contribution in [-0.2, 0) is 10.0 Å². The van der Waals surface area contributed by atoms with Gasteiger partial charge in [0.05, 0.1) is 18.8 Å². The predicted molar refractivity (Wildman–Crippen MR) is 90.4 cm³/mol. The minimum absolute atomic E-state index is 0.0197. The van der Waals surface area contributed by atoms with E-state index in [0.717, 1.165) is 3.79 Å². The van der Waals surface area contributed by atoms with E-state index >= 15 is 0 Å². The SMILES string of the molecule is CNS(=O)(=O)c1ccccc1NC(=O)c1cc(Br)sc1Br. The highest BCUT2D eigenvalue weighted by molar-refractivity contribution is 9.12. The van der Waals surface area contributed by atoms with Crippen molar-refractivity contribution in [3.05, 3.63) is 43.5 Å². The molecule has 0 bridgehead atoms. The van der Waals surface area contributed by atoms with Gasteiger partial charge in [0.25, 0.3) is 5.91 Å². The van der Waals surface area contributed by atoms with E-state index in [1.165, 1.54) is 30.5 Å². The van der Waals surface area contributed by atoms with Crippen molar-refractivity contribution in [1.82, 2.24) is 4.72 Å². The summed E-state index contributed by atoms with van der Waals surface area (Å²) in [6, 6.07) is 7.89. The van der Waals surface area contributed by atoms with Gasteiger partial charge in [-0.25, -0.2) is 13.1 Å². The van der Waals surface area contributed by atoms with E-state index in [1.807, 2.05) is 0 Å². The van der Waals surface area contributed by atoms with Crippen LogP contribution >= 0.6 is 43.2 Å². The maximum Gasteiger partial charge on any atom is 0.257 e. The highest BCUT2D eigenvalue weighted by Gasteiger charge is 2.19. The summed E-state index contributed by atoms with van der Waals surface area (Å²) < 4.78 is 27.6. The number of sulfonamides is 1. The average molecular weight is 454 g/mol. The molecule has 1 aromatic heterocycles. The number of rotatable bonds is 4. The maximum atomic E-state index is 12.2. The molecule has 2 rings (SSSR count). The zero-order valence-corrected chi connectivity index (χ0v) is 15.5. The van der Waals surface area contributed by atoms with E-state index in [-0.39, 0.29) is 16.5 Å². The van der Waals surface area contributed by atoms with Crippen LogP contribution in [0.15, 0.2) is 42.8 Å². The second-order valence-corrected chi connectivity index (χ2v) is 9.50. The molecule has 1 heterocycles. The topological polar surface area (TPSA) is 75.3 Å². The zero-order valence-electron chi connectivity index (χ0n) is 10.7. The lowest BCUT2D eigenvalue weighted by molar-refractivity contribution is 0.102. The van der Waals surface area contributed by atoms with Gasteiger partial charge in [0.2, 0.25) is 10.0 Å². The molecule has 21 heavy (non-hydrogen) atoms. The molecular weight excluding hydrogens is 444 g/mol. The molecule has 0 saturated carbocycles. The van der Waals surface area contributed by atoms with E-state index in [4.69, 9.17) is 0 Å². The number of benzene rings is 1. The van der Waals surface area contributed by atoms with Crippen molar-refractivity contribution >= 4 is 64.8 Å². The number of thiophene rings is 1. The average Bonchev–Trinajstić information content (AvgIpc) is 2.78. The first-order valence-electron chi connectivity index (χ1n) is 5.64. The number of para-hydroxylation sites is 1. The summed E-state index contributed by atoms with van der Waals surface area (Å²) in [6.07, 6.45) is 0. The fraction of sp³-hybridized carbons (Fsp3) is 0.0833. The summed E-state index contributed by atoms with van der Waals surface area (Å²) >= 11 is 7.96. The van der Waals surface area contributed by atoms with Crippen molar-refractivity contribution in [1.29, 1.82) is 0 Å². The van der Waals surface area contributed by atoms with Crippen LogP contribution in [0.5, 0.6) is 0 Å². The summed E-state index contributed by atoms with van der Waals surface area (Å²) in [5, 5.41) is 2.62. The van der Waals surface area contributed by atoms with E-state index in [1.54, 1.807) is 18.2 Å². The van der Waals surface area contributed by atoms with Crippen molar-refractivity contribution in [2.75, 3.05) is 12.4 Å². The molecule has 0 radical (unpaired) electrons. The summed E-state index contributed by atoms with van der Waals surface area (Å²) in [5.74, 6) is -0.387. The third-order valence-corrected chi connectivity index (χ3v) is 6.41. The molecule has 0 aliphatic rings. The van der Waals surface area contributed by atoms with E-state index in [2.05, 4.69) is 41.9 Å². The van der Waals surface area contributed by atoms with Gasteiger partial charge >= 0.3 is 0 Å². The lowest BCUT2D eigenvalue weighted by Crippen LogP contribution is -2.21. The van der Waals surface area contributed by atoms with E-state index < -0.39 is 10.0 Å². The maximum absolute atomic E-state index is 12.2. The molecule has 0 fully saturated rings. The largest absolute Gasteiger partial charge is 0.321 e. The molecule has 112 valence electrons. The molecule has 0 aliphatic heterocycles. The molecule has 9 heteroatoms. The van der Waals surface area contributed by atoms with Crippen LogP contribution in [0.3, 0.4) is 0 Å². The van der Waals surface area contributed by atoms with Crippen molar-refractivity contribution in [2.45, 2.75) is 4.90 Å². The van der Waals surface area contributed by atoms with Crippen LogP contribution in [-0.4, -0.2) is 21.4 Å². The number of halogens is 2. The first kappa shape index (κ1) is 16.6. The van der Waals surface area contributed by atoms with Crippen LogP contribution < -0.4 is 10.0 Å². The van der Waals surface area contributed by atoms with Crippen molar-refractivity contribution in [2.24, 2.45) is 0 Å². The van der Waals surface area contributed by atoms with Crippen molar-refractivity contribution in [3.8, 4) is 0 Å². The quantitative estimate of drug-likeness (QED) is 0.744. The summed E-state index contributed by atoms with van der Waals surface area (Å²) in [5.41, 5.74) is 0.662. The van der Waals surface area contributed by atoms with Gasteiger partial charge in [-0.05, 0) is 57.1 Å². The number of amides is 1. The van der Waals surface area contributed by atoms with Gasteiger partial charge in [-0.15, -0.1) is 11.3 Å². The highest BCUT2D eigenvalue weighted by atomic mass is 79.9. The Balaban J connectivity index is 2.37. The minimum Gasteiger partial charge on any atom is -0.321 e. The molecule has 0 saturated heterocycles. The summed E-state index contributed by atoms with van der Waals surface area (Å²) in [6.45, 7) is 0. The Labute approximate surface area is 143 Å². The molecule has 0 unspecified atom stereocenters. The number of carbonyl (C=O) groups excluding carboxylic acids is 1. The second-order valence-electron chi connectivity index (χ2n) is 3.90. The van der Waals surface area contributed by atoms with Crippen LogP contribution in [0.25, 0.3) is 0 Å². The molecule has 1 amide bonds. The molecule has 2 N–H and O–H groups in total. The molecule has 5 nitrogen and oxygen atoms in total. The van der Waals surface area contributed by atoms with Crippen molar-refractivity contribution in [3.63, 3.8) is 0 Å². The number of nitrogens with one attached hydrogen (secondary N) is 2. The number of carbonyl (C=O) groups is 1. The third-order valence-electron chi connectivity index (χ3n) is 2.59. The number of hydrogen-bond acceptors (Lipinski definition) is 4. The zero-order chi connectivity index (χ0) is 15.6. The van der Waals surface area contributed by atoms with E-state index in [9.17, 15) is 13.2 Å². The molecule has 0 atom stereocenters. The molecule has 1 aromatic carbocycles.